The molecule has 25 heavy (non-hydrogen) atoms. The Labute approximate surface area is 151 Å². The number of hydrogen-bond acceptors (Lipinski definition) is 8. The third kappa shape index (κ3) is 6.46. The van der Waals surface area contributed by atoms with Gasteiger partial charge in [-0.2, -0.15) is 10.1 Å². The minimum Gasteiger partial charge on any atom is -0.462 e. The van der Waals surface area contributed by atoms with Crippen LogP contribution in [0.25, 0.3) is 0 Å². The van der Waals surface area contributed by atoms with E-state index < -0.39 is 0 Å². The molecule has 0 saturated carbocycles. The van der Waals surface area contributed by atoms with Crippen molar-refractivity contribution in [3.63, 3.8) is 0 Å². The highest BCUT2D eigenvalue weighted by molar-refractivity contribution is 7.99. The van der Waals surface area contributed by atoms with Gasteiger partial charge in [-0.05, 0) is 31.5 Å². The molecule has 8 nitrogen and oxygen atoms in total. The predicted molar refractivity (Wildman–Crippen MR) is 100 cm³/mol. The van der Waals surface area contributed by atoms with Crippen molar-refractivity contribution in [2.75, 3.05) is 30.2 Å². The van der Waals surface area contributed by atoms with E-state index in [2.05, 4.69) is 25.7 Å². The zero-order valence-corrected chi connectivity index (χ0v) is 15.5. The molecule has 0 atom stereocenters. The molecule has 1 aromatic carbocycles. The highest BCUT2D eigenvalue weighted by Crippen LogP contribution is 2.14. The van der Waals surface area contributed by atoms with Crippen LogP contribution in [0.4, 0.5) is 11.6 Å². The van der Waals surface area contributed by atoms with Crippen molar-refractivity contribution in [2.45, 2.75) is 25.1 Å². The first kappa shape index (κ1) is 18.8. The van der Waals surface area contributed by atoms with Crippen molar-refractivity contribution >= 4 is 35.6 Å². The molecule has 0 saturated heterocycles. The van der Waals surface area contributed by atoms with Gasteiger partial charge in [0.1, 0.15) is 0 Å². The van der Waals surface area contributed by atoms with Gasteiger partial charge in [-0.1, -0.05) is 23.9 Å². The van der Waals surface area contributed by atoms with Crippen molar-refractivity contribution in [1.82, 2.24) is 15.2 Å². The summed E-state index contributed by atoms with van der Waals surface area (Å²) >= 11 is 1.20. The fourth-order valence-electron chi connectivity index (χ4n) is 1.81. The smallest absolute Gasteiger partial charge is 0.316 e. The number of thioether (sulfide) groups is 1. The summed E-state index contributed by atoms with van der Waals surface area (Å²) in [4.78, 5) is 17.7. The van der Waals surface area contributed by atoms with E-state index in [-0.39, 0.29) is 17.8 Å². The Hall–Kier alpha value is -2.55. The molecule has 0 fully saturated rings. The number of rotatable bonds is 8. The van der Waals surface area contributed by atoms with Gasteiger partial charge in [-0.3, -0.25) is 4.79 Å². The molecule has 0 aliphatic carbocycles. The summed E-state index contributed by atoms with van der Waals surface area (Å²) in [6.45, 7) is 3.62. The first-order chi connectivity index (χ1) is 11.9. The maximum absolute atomic E-state index is 11.5. The van der Waals surface area contributed by atoms with Crippen LogP contribution in [-0.2, 0) is 9.53 Å². The monoisotopic (exact) mass is 362 g/mol. The average Bonchev–Trinajstić information content (AvgIpc) is 3.01. The second-order valence-corrected chi connectivity index (χ2v) is 6.59. The maximum atomic E-state index is 11.5. The maximum Gasteiger partial charge on any atom is 0.316 e. The van der Waals surface area contributed by atoms with Crippen molar-refractivity contribution < 1.29 is 9.53 Å². The molecular weight excluding hydrogens is 340 g/mol. The van der Waals surface area contributed by atoms with Gasteiger partial charge in [0.25, 0.3) is 0 Å². The third-order valence-electron chi connectivity index (χ3n) is 2.94. The van der Waals surface area contributed by atoms with Crippen LogP contribution >= 0.6 is 11.8 Å². The topological polar surface area (TPSA) is 95.5 Å². The van der Waals surface area contributed by atoms with Gasteiger partial charge < -0.3 is 9.64 Å². The Morgan fingerprint density at radius 3 is 2.76 bits per heavy atom. The number of ether oxygens (including phenoxy) is 1. The lowest BCUT2D eigenvalue weighted by atomic mass is 10.2. The number of benzene rings is 1. The summed E-state index contributed by atoms with van der Waals surface area (Å²) in [6, 6.07) is 7.98. The number of anilines is 2. The Morgan fingerprint density at radius 1 is 1.40 bits per heavy atom. The molecule has 1 heterocycles. The fourth-order valence-corrected chi connectivity index (χ4v) is 2.39. The largest absolute Gasteiger partial charge is 0.462 e. The van der Waals surface area contributed by atoms with E-state index in [9.17, 15) is 4.79 Å². The summed E-state index contributed by atoms with van der Waals surface area (Å²) in [5, 5.41) is 11.3. The molecule has 134 valence electrons. The standard InChI is InChI=1S/C16H22N6O2S/c1-11(2)24-14(23)10-25-16-18-15(20-21-16)19-17-9-12-5-7-13(8-6-12)22(3)4/h5-9,11H,10H2,1-4H3,(H2,18,19,20,21)/b17-9-. The normalized spacial score (nSPS) is 11.1. The minimum atomic E-state index is -0.293. The van der Waals surface area contributed by atoms with E-state index in [1.807, 2.05) is 57.1 Å². The van der Waals surface area contributed by atoms with Crippen LogP contribution < -0.4 is 10.3 Å². The molecule has 2 aromatic rings. The highest BCUT2D eigenvalue weighted by Gasteiger charge is 2.09. The molecule has 0 unspecified atom stereocenters. The second-order valence-electron chi connectivity index (χ2n) is 5.65. The van der Waals surface area contributed by atoms with E-state index in [0.29, 0.717) is 11.1 Å². The average molecular weight is 362 g/mol. The molecule has 2 N–H and O–H groups in total. The number of carbonyl (C=O) groups excluding carboxylic acids is 1. The van der Waals surface area contributed by atoms with E-state index in [0.717, 1.165) is 11.3 Å². The third-order valence-corrected chi connectivity index (χ3v) is 3.77. The van der Waals surface area contributed by atoms with Gasteiger partial charge >= 0.3 is 5.97 Å². The molecule has 2 rings (SSSR count). The van der Waals surface area contributed by atoms with E-state index in [4.69, 9.17) is 4.74 Å². The lowest BCUT2D eigenvalue weighted by molar-refractivity contribution is -0.144. The van der Waals surface area contributed by atoms with Crippen LogP contribution in [0.2, 0.25) is 0 Å². The zero-order chi connectivity index (χ0) is 18.2. The number of nitrogens with one attached hydrogen (secondary N) is 2. The molecule has 9 heteroatoms. The Morgan fingerprint density at radius 2 is 2.12 bits per heavy atom. The van der Waals surface area contributed by atoms with Crippen LogP contribution in [0.5, 0.6) is 0 Å². The molecule has 1 aromatic heterocycles. The zero-order valence-electron chi connectivity index (χ0n) is 14.7. The molecule has 0 aliphatic heterocycles. The molecule has 0 aliphatic rings. The van der Waals surface area contributed by atoms with E-state index in [1.54, 1.807) is 6.21 Å². The first-order valence-corrected chi connectivity index (χ1v) is 8.73. The summed E-state index contributed by atoms with van der Waals surface area (Å²) in [5.74, 6) is 0.274. The van der Waals surface area contributed by atoms with Crippen molar-refractivity contribution in [3.05, 3.63) is 29.8 Å². The molecule has 0 spiro atoms. The molecule has 0 radical (unpaired) electrons. The van der Waals surface area contributed by atoms with Crippen molar-refractivity contribution in [1.29, 1.82) is 0 Å². The Balaban J connectivity index is 1.81. The number of nitrogens with zero attached hydrogens (tertiary/aromatic N) is 4. The summed E-state index contributed by atoms with van der Waals surface area (Å²) < 4.78 is 5.05. The van der Waals surface area contributed by atoms with Gasteiger partial charge in [0.15, 0.2) is 0 Å². The number of aromatic amines is 1. The van der Waals surface area contributed by atoms with Crippen LogP contribution in [-0.4, -0.2) is 53.3 Å². The van der Waals surface area contributed by atoms with Gasteiger partial charge in [-0.15, -0.1) is 5.10 Å². The molecule has 0 amide bonds. The van der Waals surface area contributed by atoms with Crippen LogP contribution in [0, 0.1) is 0 Å². The number of H-pyrrole nitrogens is 1. The lowest BCUT2D eigenvalue weighted by Crippen LogP contribution is -2.13. The van der Waals surface area contributed by atoms with Gasteiger partial charge in [0, 0.05) is 19.8 Å². The lowest BCUT2D eigenvalue weighted by Gasteiger charge is -2.11. The predicted octanol–water partition coefficient (Wildman–Crippen LogP) is 2.36. The number of carbonyl (C=O) groups is 1. The second kappa shape index (κ2) is 9.07. The quantitative estimate of drug-likeness (QED) is 0.322. The van der Waals surface area contributed by atoms with Gasteiger partial charge in [0.2, 0.25) is 11.1 Å². The number of aromatic nitrogens is 3. The molecule has 0 bridgehead atoms. The van der Waals surface area contributed by atoms with E-state index >= 15 is 0 Å². The van der Waals surface area contributed by atoms with E-state index in [1.165, 1.54) is 11.8 Å². The van der Waals surface area contributed by atoms with Crippen molar-refractivity contribution in [3.8, 4) is 0 Å². The summed E-state index contributed by atoms with van der Waals surface area (Å²) in [5.41, 5.74) is 4.86. The SMILES string of the molecule is CC(C)OC(=O)CSc1n[nH]c(N/N=C\c2ccc(N(C)C)cc2)n1. The number of hydrazone groups is 1. The fraction of sp³-hybridized carbons (Fsp3) is 0.375. The van der Waals surface area contributed by atoms with Crippen LogP contribution in [0.3, 0.4) is 0 Å². The van der Waals surface area contributed by atoms with Crippen LogP contribution in [0.1, 0.15) is 19.4 Å². The number of esters is 1. The highest BCUT2D eigenvalue weighted by atomic mass is 32.2. The Bertz CT molecular complexity index is 712. The summed E-state index contributed by atoms with van der Waals surface area (Å²) in [6.07, 6.45) is 1.56. The molecular formula is C16H22N6O2S. The number of hydrogen-bond donors (Lipinski definition) is 2. The summed E-state index contributed by atoms with van der Waals surface area (Å²) in [7, 11) is 3.99. The van der Waals surface area contributed by atoms with Gasteiger partial charge in [-0.25, -0.2) is 10.5 Å². The van der Waals surface area contributed by atoms with Gasteiger partial charge in [0.05, 0.1) is 18.1 Å². The van der Waals surface area contributed by atoms with Crippen LogP contribution in [0.15, 0.2) is 34.5 Å². The van der Waals surface area contributed by atoms with Crippen molar-refractivity contribution in [2.24, 2.45) is 5.10 Å². The Kier molecular flexibility index (Phi) is 6.81. The minimum absolute atomic E-state index is 0.126. The first-order valence-electron chi connectivity index (χ1n) is 7.75.